The van der Waals surface area contributed by atoms with Crippen molar-refractivity contribution in [3.05, 3.63) is 46.7 Å². The molecule has 1 atom stereocenters. The summed E-state index contributed by atoms with van der Waals surface area (Å²) in [5, 5.41) is 7.85. The van der Waals surface area contributed by atoms with Crippen LogP contribution in [-0.4, -0.2) is 33.4 Å². The highest BCUT2D eigenvalue weighted by Crippen LogP contribution is 2.17. The maximum absolute atomic E-state index is 12.3. The first-order valence-electron chi connectivity index (χ1n) is 6.43. The van der Waals surface area contributed by atoms with Crippen molar-refractivity contribution in [1.29, 1.82) is 0 Å². The Morgan fingerprint density at radius 2 is 1.86 bits per heavy atom. The minimum Gasteiger partial charge on any atom is -0.464 e. The van der Waals surface area contributed by atoms with Crippen LogP contribution >= 0.6 is 15.9 Å². The Morgan fingerprint density at radius 3 is 2.43 bits per heavy atom. The van der Waals surface area contributed by atoms with E-state index in [1.165, 1.54) is 17.2 Å². The number of hydrogen-bond donors (Lipinski definition) is 0. The fourth-order valence-corrected chi connectivity index (χ4v) is 2.08. The van der Waals surface area contributed by atoms with E-state index < -0.39 is 12.0 Å². The van der Waals surface area contributed by atoms with E-state index in [0.717, 1.165) is 4.47 Å². The summed E-state index contributed by atoms with van der Waals surface area (Å²) in [6, 6.07) is 6.10. The monoisotopic (exact) mass is 351 g/mol. The molecule has 0 aliphatic heterocycles. The van der Waals surface area contributed by atoms with Crippen molar-refractivity contribution in [3.63, 3.8) is 0 Å². The standard InChI is InChI=1S/C14H14BrN3O3/c1-2-21-14(20)12(18-16-7-8-17-18)9-13(19)10-3-5-11(15)6-4-10/h3-8,12H,2,9H2,1H3. The van der Waals surface area contributed by atoms with Crippen LogP contribution in [0.5, 0.6) is 0 Å². The summed E-state index contributed by atoms with van der Waals surface area (Å²) < 4.78 is 5.87. The van der Waals surface area contributed by atoms with E-state index in [-0.39, 0.29) is 18.8 Å². The first kappa shape index (κ1) is 15.4. The molecule has 0 N–H and O–H groups in total. The van der Waals surface area contributed by atoms with Crippen LogP contribution in [0.2, 0.25) is 0 Å². The topological polar surface area (TPSA) is 74.1 Å². The fraction of sp³-hybridized carbons (Fsp3) is 0.286. The molecule has 0 aliphatic carbocycles. The van der Waals surface area contributed by atoms with E-state index in [4.69, 9.17) is 4.74 Å². The van der Waals surface area contributed by atoms with Crippen LogP contribution in [-0.2, 0) is 9.53 Å². The van der Waals surface area contributed by atoms with Crippen LogP contribution in [0.1, 0.15) is 29.7 Å². The summed E-state index contributed by atoms with van der Waals surface area (Å²) in [6.07, 6.45) is 2.86. The summed E-state index contributed by atoms with van der Waals surface area (Å²) in [6.45, 7) is 1.95. The van der Waals surface area contributed by atoms with E-state index in [1.807, 2.05) is 0 Å². The minimum absolute atomic E-state index is 0.0465. The first-order chi connectivity index (χ1) is 10.1. The number of hydrogen-bond acceptors (Lipinski definition) is 5. The van der Waals surface area contributed by atoms with E-state index in [9.17, 15) is 9.59 Å². The van der Waals surface area contributed by atoms with Crippen molar-refractivity contribution < 1.29 is 14.3 Å². The van der Waals surface area contributed by atoms with E-state index in [0.29, 0.717) is 5.56 Å². The van der Waals surface area contributed by atoms with Crippen molar-refractivity contribution >= 4 is 27.7 Å². The van der Waals surface area contributed by atoms with E-state index in [2.05, 4.69) is 26.1 Å². The largest absolute Gasteiger partial charge is 0.464 e. The molecule has 6 nitrogen and oxygen atoms in total. The van der Waals surface area contributed by atoms with Gasteiger partial charge >= 0.3 is 5.97 Å². The molecule has 1 unspecified atom stereocenters. The zero-order chi connectivity index (χ0) is 15.2. The van der Waals surface area contributed by atoms with Crippen LogP contribution in [0.25, 0.3) is 0 Å². The van der Waals surface area contributed by atoms with E-state index in [1.54, 1.807) is 31.2 Å². The van der Waals surface area contributed by atoms with Gasteiger partial charge in [-0.2, -0.15) is 15.0 Å². The summed E-state index contributed by atoms with van der Waals surface area (Å²) in [7, 11) is 0. The summed E-state index contributed by atoms with van der Waals surface area (Å²) in [4.78, 5) is 25.5. The molecule has 1 heterocycles. The van der Waals surface area contributed by atoms with Crippen molar-refractivity contribution in [2.75, 3.05) is 6.61 Å². The normalized spacial score (nSPS) is 11.9. The molecule has 0 bridgehead atoms. The summed E-state index contributed by atoms with van der Waals surface area (Å²) >= 11 is 3.31. The van der Waals surface area contributed by atoms with Crippen LogP contribution in [0.15, 0.2) is 41.1 Å². The lowest BCUT2D eigenvalue weighted by Gasteiger charge is -2.14. The molecule has 0 radical (unpaired) electrons. The van der Waals surface area contributed by atoms with Gasteiger partial charge in [0.25, 0.3) is 0 Å². The molecule has 0 spiro atoms. The summed E-state index contributed by atoms with van der Waals surface area (Å²) in [5.41, 5.74) is 0.527. The number of ether oxygens (including phenoxy) is 1. The van der Waals surface area contributed by atoms with Gasteiger partial charge in [-0.15, -0.1) is 0 Å². The lowest BCUT2D eigenvalue weighted by Crippen LogP contribution is -2.26. The van der Waals surface area contributed by atoms with Gasteiger partial charge in [0, 0.05) is 16.5 Å². The SMILES string of the molecule is CCOC(=O)C(CC(=O)c1ccc(Br)cc1)n1nccn1. The van der Waals surface area contributed by atoms with E-state index >= 15 is 0 Å². The average molecular weight is 352 g/mol. The highest BCUT2D eigenvalue weighted by Gasteiger charge is 2.27. The number of halogens is 1. The third kappa shape index (κ3) is 3.98. The molecule has 1 aromatic carbocycles. The van der Waals surface area contributed by atoms with Gasteiger partial charge in [0.1, 0.15) is 0 Å². The molecule has 0 aliphatic rings. The molecule has 21 heavy (non-hydrogen) atoms. The van der Waals surface area contributed by atoms with Gasteiger partial charge in [-0.3, -0.25) is 4.79 Å². The molecule has 2 aromatic rings. The predicted molar refractivity (Wildman–Crippen MR) is 78.8 cm³/mol. The van der Waals surface area contributed by atoms with Crippen molar-refractivity contribution in [3.8, 4) is 0 Å². The Morgan fingerprint density at radius 1 is 1.24 bits per heavy atom. The zero-order valence-electron chi connectivity index (χ0n) is 11.4. The quantitative estimate of drug-likeness (QED) is 0.590. The maximum atomic E-state index is 12.3. The van der Waals surface area contributed by atoms with Crippen LogP contribution in [0, 0.1) is 0 Å². The second-order valence-electron chi connectivity index (χ2n) is 4.25. The number of ketones is 1. The smallest absolute Gasteiger partial charge is 0.333 e. The number of rotatable bonds is 6. The highest BCUT2D eigenvalue weighted by molar-refractivity contribution is 9.10. The van der Waals surface area contributed by atoms with Gasteiger partial charge in [0.2, 0.25) is 0 Å². The second kappa shape index (κ2) is 7.12. The van der Waals surface area contributed by atoms with Gasteiger partial charge < -0.3 is 4.74 Å². The lowest BCUT2D eigenvalue weighted by atomic mass is 10.0. The molecule has 0 saturated heterocycles. The number of aromatic nitrogens is 3. The number of Topliss-reactive ketones (excluding diaryl/α,β-unsaturated/α-hetero) is 1. The molecular weight excluding hydrogens is 338 g/mol. The minimum atomic E-state index is -0.851. The fourth-order valence-electron chi connectivity index (χ4n) is 1.81. The molecule has 1 aromatic heterocycles. The number of nitrogens with zero attached hydrogens (tertiary/aromatic N) is 3. The molecular formula is C14H14BrN3O3. The Kier molecular flexibility index (Phi) is 5.21. The maximum Gasteiger partial charge on any atom is 0.333 e. The lowest BCUT2D eigenvalue weighted by molar-refractivity contribution is -0.147. The van der Waals surface area contributed by atoms with Crippen molar-refractivity contribution in [2.24, 2.45) is 0 Å². The average Bonchev–Trinajstić information content (AvgIpc) is 2.99. The molecule has 2 rings (SSSR count). The highest BCUT2D eigenvalue weighted by atomic mass is 79.9. The van der Waals surface area contributed by atoms with Crippen LogP contribution in [0.3, 0.4) is 0 Å². The molecule has 0 saturated carbocycles. The Hall–Kier alpha value is -2.02. The Labute approximate surface area is 130 Å². The number of esters is 1. The molecule has 110 valence electrons. The first-order valence-corrected chi connectivity index (χ1v) is 7.22. The number of carbonyl (C=O) groups is 2. The zero-order valence-corrected chi connectivity index (χ0v) is 13.0. The van der Waals surface area contributed by atoms with Crippen molar-refractivity contribution in [1.82, 2.24) is 15.0 Å². The third-order valence-corrected chi connectivity index (χ3v) is 3.35. The Bertz CT molecular complexity index is 611. The number of carbonyl (C=O) groups excluding carboxylic acids is 2. The van der Waals surface area contributed by atoms with Gasteiger partial charge in [-0.1, -0.05) is 28.1 Å². The molecule has 0 fully saturated rings. The number of benzene rings is 1. The predicted octanol–water partition coefficient (Wildman–Crippen LogP) is 2.42. The second-order valence-corrected chi connectivity index (χ2v) is 5.17. The van der Waals surface area contributed by atoms with Crippen LogP contribution in [0.4, 0.5) is 0 Å². The van der Waals surface area contributed by atoms with Gasteiger partial charge in [0.05, 0.1) is 19.0 Å². The third-order valence-electron chi connectivity index (χ3n) is 2.82. The summed E-state index contributed by atoms with van der Waals surface area (Å²) in [5.74, 6) is -0.683. The Balaban J connectivity index is 2.16. The molecule has 0 amide bonds. The van der Waals surface area contributed by atoms with Gasteiger partial charge in [0.15, 0.2) is 11.8 Å². The van der Waals surface area contributed by atoms with Gasteiger partial charge in [-0.05, 0) is 19.1 Å². The van der Waals surface area contributed by atoms with Gasteiger partial charge in [-0.25, -0.2) is 4.79 Å². The van der Waals surface area contributed by atoms with Crippen molar-refractivity contribution in [2.45, 2.75) is 19.4 Å². The molecule has 7 heteroatoms. The van der Waals surface area contributed by atoms with Crippen LogP contribution < -0.4 is 0 Å².